The fraction of sp³-hybridized carbons (Fsp3) is 0.756. The van der Waals surface area contributed by atoms with Gasteiger partial charge in [-0.25, -0.2) is 0 Å². The summed E-state index contributed by atoms with van der Waals surface area (Å²) in [5, 5.41) is 39.2. The van der Waals surface area contributed by atoms with Crippen LogP contribution in [0.1, 0.15) is 123 Å². The molecule has 0 aliphatic carbocycles. The second-order valence-corrected chi connectivity index (χ2v) is 17.1. The van der Waals surface area contributed by atoms with Crippen LogP contribution in [0.2, 0.25) is 0 Å². The van der Waals surface area contributed by atoms with E-state index in [2.05, 4.69) is 46.6 Å². The van der Waals surface area contributed by atoms with E-state index < -0.39 is 35.9 Å². The number of nitrogens with two attached hydrogens (primary N) is 1. The predicted molar refractivity (Wildman–Crippen MR) is 222 cm³/mol. The van der Waals surface area contributed by atoms with E-state index >= 15 is 0 Å². The minimum absolute atomic E-state index is 0.0156. The van der Waals surface area contributed by atoms with Crippen LogP contribution in [0.25, 0.3) is 0 Å². The van der Waals surface area contributed by atoms with Crippen LogP contribution in [0, 0.1) is 25.7 Å². The Hall–Kier alpha value is -4.06. The minimum atomic E-state index is -0.612. The highest BCUT2D eigenvalue weighted by atomic mass is 16.7. The molecule has 5 rings (SSSR count). The molecule has 2 unspecified atom stereocenters. The average Bonchev–Trinajstić information content (AvgIpc) is 3.99. The number of aliphatic hydroxyl groups is 2. The van der Waals surface area contributed by atoms with Gasteiger partial charge in [0.25, 0.3) is 0 Å². The molecule has 0 spiro atoms. The van der Waals surface area contributed by atoms with Crippen LogP contribution in [-0.4, -0.2) is 135 Å². The number of hydrazone groups is 2. The van der Waals surface area contributed by atoms with Gasteiger partial charge < -0.3 is 49.7 Å². The molecule has 2 amide bonds. The quantitative estimate of drug-likeness (QED) is 0.0969. The Labute approximate surface area is 344 Å². The normalized spacial score (nSPS) is 23.0. The van der Waals surface area contributed by atoms with Crippen molar-refractivity contribution in [3.63, 3.8) is 0 Å². The number of rotatable bonds is 13. The summed E-state index contributed by atoms with van der Waals surface area (Å²) in [4.78, 5) is 30.0. The van der Waals surface area contributed by atoms with Crippen molar-refractivity contribution in [1.82, 2.24) is 30.5 Å². The molecule has 6 atom stereocenters. The molecule has 5 heterocycles. The molecule has 2 aromatic heterocycles. The molecule has 17 nitrogen and oxygen atoms in total. The number of ether oxygens (including phenoxy) is 2. The summed E-state index contributed by atoms with van der Waals surface area (Å²) in [5.41, 5.74) is 11.2. The number of β-amino-alcohol motifs (C(OH)–C–C–N with tert-alkyl or cyclic N) is 2. The minimum Gasteiger partial charge on any atom is -0.391 e. The number of nitrogens with zero attached hydrogens (tertiary/aromatic N) is 7. The Morgan fingerprint density at radius 3 is 1.81 bits per heavy atom. The lowest BCUT2D eigenvalue weighted by atomic mass is 9.90. The largest absolute Gasteiger partial charge is 0.391 e. The topological polar surface area (TPSA) is 218 Å². The van der Waals surface area contributed by atoms with E-state index in [1.165, 1.54) is 0 Å². The average molecular weight is 818 g/mol. The van der Waals surface area contributed by atoms with Crippen molar-refractivity contribution in [2.24, 2.45) is 27.8 Å². The van der Waals surface area contributed by atoms with Crippen molar-refractivity contribution in [3.8, 4) is 0 Å². The van der Waals surface area contributed by atoms with E-state index in [4.69, 9.17) is 29.4 Å². The number of amidine groups is 1. The van der Waals surface area contributed by atoms with Crippen molar-refractivity contribution in [2.45, 2.75) is 150 Å². The Morgan fingerprint density at radius 1 is 0.931 bits per heavy atom. The number of hydrogen-bond donors (Lipinski definition) is 4. The van der Waals surface area contributed by atoms with Crippen LogP contribution in [0.3, 0.4) is 0 Å². The van der Waals surface area contributed by atoms with E-state index in [1.807, 2.05) is 68.4 Å². The van der Waals surface area contributed by atoms with Crippen molar-refractivity contribution in [3.05, 3.63) is 35.0 Å². The van der Waals surface area contributed by atoms with Crippen molar-refractivity contribution < 1.29 is 38.3 Å². The number of methoxy groups -OCH3 is 2. The molecule has 5 N–H and O–H groups in total. The summed E-state index contributed by atoms with van der Waals surface area (Å²) in [6.07, 6.45) is 0.587. The highest BCUT2D eigenvalue weighted by Gasteiger charge is 2.46. The first kappa shape index (κ1) is 48.3. The molecule has 3 aliphatic heterocycles. The zero-order valence-corrected chi connectivity index (χ0v) is 37.3. The van der Waals surface area contributed by atoms with Crippen LogP contribution in [0.15, 0.2) is 31.4 Å². The molecule has 58 heavy (non-hydrogen) atoms. The van der Waals surface area contributed by atoms with E-state index in [0.29, 0.717) is 43.3 Å². The second kappa shape index (κ2) is 20.8. The van der Waals surface area contributed by atoms with Gasteiger partial charge in [0.05, 0.1) is 46.9 Å². The van der Waals surface area contributed by atoms with Gasteiger partial charge in [0.2, 0.25) is 11.8 Å². The number of carbonyl (C=O) groups excluding carboxylic acids is 2. The van der Waals surface area contributed by atoms with E-state index in [-0.39, 0.29) is 41.8 Å². The molecule has 0 saturated carbocycles. The Morgan fingerprint density at radius 2 is 1.41 bits per heavy atom. The fourth-order valence-electron chi connectivity index (χ4n) is 7.47. The molecular formula is C41H71N9O8. The highest BCUT2D eigenvalue weighted by molar-refractivity contribution is 5.96. The molecule has 17 heteroatoms. The van der Waals surface area contributed by atoms with Gasteiger partial charge in [0.1, 0.15) is 29.2 Å². The van der Waals surface area contributed by atoms with Crippen LogP contribution in [0.4, 0.5) is 0 Å². The maximum atomic E-state index is 13.5. The van der Waals surface area contributed by atoms with Gasteiger partial charge in [0, 0.05) is 71.8 Å². The number of amides is 2. The number of hydrogen-bond acceptors (Lipinski definition) is 14. The molecule has 2 saturated heterocycles. The van der Waals surface area contributed by atoms with Crippen molar-refractivity contribution in [2.75, 3.05) is 40.4 Å². The zero-order chi connectivity index (χ0) is 43.7. The lowest BCUT2D eigenvalue weighted by Gasteiger charge is -2.30. The van der Waals surface area contributed by atoms with Gasteiger partial charge in [-0.2, -0.15) is 10.2 Å². The number of likely N-dealkylation sites (tertiary alicyclic amines) is 2. The first-order chi connectivity index (χ1) is 27.1. The lowest BCUT2D eigenvalue weighted by Crippen LogP contribution is -2.47. The summed E-state index contributed by atoms with van der Waals surface area (Å²) in [6.45, 7) is 25.7. The van der Waals surface area contributed by atoms with Crippen LogP contribution >= 0.6 is 0 Å². The maximum absolute atomic E-state index is 13.5. The second-order valence-electron chi connectivity index (χ2n) is 17.1. The molecule has 3 aliphatic rings. The first-order valence-corrected chi connectivity index (χ1v) is 20.5. The number of aliphatic hydroxyl groups excluding tert-OH is 2. The van der Waals surface area contributed by atoms with Gasteiger partial charge in [-0.1, -0.05) is 38.0 Å². The summed E-state index contributed by atoms with van der Waals surface area (Å²) in [6, 6.07) is 3.03. The molecule has 0 radical (unpaired) electrons. The van der Waals surface area contributed by atoms with Gasteiger partial charge in [-0.3, -0.25) is 14.6 Å². The third-order valence-electron chi connectivity index (χ3n) is 10.8. The predicted octanol–water partition coefficient (Wildman–Crippen LogP) is 4.13. The molecule has 328 valence electrons. The summed E-state index contributed by atoms with van der Waals surface area (Å²) >= 11 is 0. The zero-order valence-electron chi connectivity index (χ0n) is 37.3. The highest BCUT2D eigenvalue weighted by Crippen LogP contribution is 2.36. The van der Waals surface area contributed by atoms with Crippen LogP contribution in [0.5, 0.6) is 0 Å². The smallest absolute Gasteiger partial charge is 0.234 e. The monoisotopic (exact) mass is 818 g/mol. The van der Waals surface area contributed by atoms with Gasteiger partial charge in [-0.15, -0.1) is 0 Å². The van der Waals surface area contributed by atoms with E-state index in [9.17, 15) is 19.8 Å². The molecule has 2 fully saturated rings. The first-order valence-electron chi connectivity index (χ1n) is 20.5. The number of aromatic nitrogens is 2. The Bertz CT molecular complexity index is 1680. The third kappa shape index (κ3) is 12.2. The van der Waals surface area contributed by atoms with Crippen molar-refractivity contribution >= 4 is 23.4 Å². The van der Waals surface area contributed by atoms with Gasteiger partial charge in [0.15, 0.2) is 5.79 Å². The Balaban J connectivity index is 0.000000268. The summed E-state index contributed by atoms with van der Waals surface area (Å²) in [5.74, 6) is 0.0922. The number of aryl methyl sites for hydroxylation is 2. The molecule has 0 bridgehead atoms. The Kier molecular flexibility index (Phi) is 17.3. The van der Waals surface area contributed by atoms with Crippen LogP contribution in [-0.2, 0) is 19.1 Å². The summed E-state index contributed by atoms with van der Waals surface area (Å²) < 4.78 is 20.5. The maximum Gasteiger partial charge on any atom is 0.234 e. The number of nitrogens with one attached hydrogen (secondary N) is 1. The third-order valence-corrected chi connectivity index (χ3v) is 10.8. The molecule has 2 aromatic rings. The van der Waals surface area contributed by atoms with Crippen molar-refractivity contribution in [1.29, 1.82) is 0 Å². The fourth-order valence-corrected chi connectivity index (χ4v) is 7.47. The standard InChI is InChI=1S/C20H32N4O3.C16H27N5O3.C5H12O2/c1-7-24-20(5,6)10-15(21-24)16-9-14(25)11-23(16)19(26)18(12(2)3)17-8-13(4)22-27-17;1-5-18-19-15(17)12-7-11(22)8-21(12)16(23)14(9(2)3)13-6-10(4)20-24-13;1-5(2,6-3)7-4/h8,12,14,16,18,25H,7,9-11H2,1-6H3;6,9,11-12,14,18,22H,5,7-8H2,1-4H3,(H2,17,19);1-4H3/t14-,16+,18?;11-,12+,14?;/m11./s1. The van der Waals surface area contributed by atoms with Gasteiger partial charge in [-0.05, 0) is 67.2 Å². The van der Waals surface area contributed by atoms with Crippen LogP contribution < -0.4 is 11.2 Å². The lowest BCUT2D eigenvalue weighted by molar-refractivity contribution is -0.178. The SMILES string of the molecule is CCN/N=C(\N)[C@@H]1C[C@@H](O)CN1C(=O)C(c1cc(C)no1)C(C)C.CCN1N=C([C@@H]2C[C@@H](O)CN2C(=O)C(c2cc(C)no2)C(C)C)CC1(C)C.COC(C)(C)OC. The molecule has 0 aromatic carbocycles. The van der Waals surface area contributed by atoms with E-state index in [1.54, 1.807) is 30.1 Å². The summed E-state index contributed by atoms with van der Waals surface area (Å²) in [7, 11) is 3.23. The number of carbonyl (C=O) groups is 2. The van der Waals surface area contributed by atoms with E-state index in [0.717, 1.165) is 30.1 Å². The van der Waals surface area contributed by atoms with Gasteiger partial charge >= 0.3 is 0 Å². The molecular weight excluding hydrogens is 747 g/mol.